The van der Waals surface area contributed by atoms with Gasteiger partial charge in [0, 0.05) is 24.7 Å². The summed E-state index contributed by atoms with van der Waals surface area (Å²) in [5.74, 6) is 1.39. The Bertz CT molecular complexity index is 835. The lowest BCUT2D eigenvalue weighted by Crippen LogP contribution is -2.22. The molecule has 7 nitrogen and oxygen atoms in total. The van der Waals surface area contributed by atoms with Gasteiger partial charge in [0.2, 0.25) is 5.88 Å². The van der Waals surface area contributed by atoms with Crippen LogP contribution in [0.3, 0.4) is 0 Å². The molecule has 1 aromatic carbocycles. The molecule has 0 radical (unpaired) electrons. The average Bonchev–Trinajstić information content (AvgIpc) is 2.59. The lowest BCUT2D eigenvalue weighted by atomic mass is 10.2. The van der Waals surface area contributed by atoms with Crippen LogP contribution in [0.1, 0.15) is 6.92 Å². The van der Waals surface area contributed by atoms with E-state index >= 15 is 0 Å². The Balaban J connectivity index is 1.90. The summed E-state index contributed by atoms with van der Waals surface area (Å²) in [4.78, 5) is 12.7. The van der Waals surface area contributed by atoms with Crippen molar-refractivity contribution in [2.24, 2.45) is 0 Å². The van der Waals surface area contributed by atoms with E-state index in [0.717, 1.165) is 10.9 Å². The minimum atomic E-state index is 0.0549. The van der Waals surface area contributed by atoms with Crippen LogP contribution in [-0.2, 0) is 4.74 Å². The van der Waals surface area contributed by atoms with Crippen molar-refractivity contribution in [2.75, 3.05) is 24.8 Å². The number of nitrogens with one attached hydrogen (secondary N) is 1. The van der Waals surface area contributed by atoms with Crippen molar-refractivity contribution in [1.29, 1.82) is 0 Å². The van der Waals surface area contributed by atoms with Crippen LogP contribution < -0.4 is 15.8 Å². The number of hydrogen-bond acceptors (Lipinski definition) is 7. The predicted molar refractivity (Wildman–Crippen MR) is 93.2 cm³/mol. The highest BCUT2D eigenvalue weighted by atomic mass is 16.5. The summed E-state index contributed by atoms with van der Waals surface area (Å²) in [6.45, 7) is 2.51. The zero-order valence-electron chi connectivity index (χ0n) is 13.6. The molecule has 0 amide bonds. The predicted octanol–water partition coefficient (Wildman–Crippen LogP) is 2.85. The topological polar surface area (TPSA) is 95.2 Å². The molecule has 3 aromatic rings. The molecule has 0 spiro atoms. The summed E-state index contributed by atoms with van der Waals surface area (Å²) in [7, 11) is 1.64. The molecule has 0 saturated carbocycles. The lowest BCUT2D eigenvalue weighted by molar-refractivity contribution is 0.190. The largest absolute Gasteiger partial charge is 0.435 e. The van der Waals surface area contributed by atoms with Gasteiger partial charge in [0.1, 0.15) is 17.5 Å². The van der Waals surface area contributed by atoms with Crippen LogP contribution in [0.15, 0.2) is 42.9 Å². The van der Waals surface area contributed by atoms with E-state index in [2.05, 4.69) is 20.3 Å². The summed E-state index contributed by atoms with van der Waals surface area (Å²) in [5, 5.41) is 4.16. The zero-order valence-corrected chi connectivity index (χ0v) is 13.6. The molecule has 7 heteroatoms. The number of rotatable bonds is 6. The first-order valence-electron chi connectivity index (χ1n) is 7.56. The van der Waals surface area contributed by atoms with Gasteiger partial charge >= 0.3 is 0 Å². The molecule has 0 aliphatic carbocycles. The minimum Gasteiger partial charge on any atom is -0.435 e. The number of anilines is 2. The number of aromatic nitrogens is 3. The molecule has 24 heavy (non-hydrogen) atoms. The molecule has 0 fully saturated rings. The fourth-order valence-electron chi connectivity index (χ4n) is 2.36. The number of nitrogens with two attached hydrogens (primary N) is 1. The molecule has 2 aromatic heterocycles. The normalized spacial score (nSPS) is 12.1. The second-order valence-electron chi connectivity index (χ2n) is 5.38. The third-order valence-electron chi connectivity index (χ3n) is 3.45. The maximum absolute atomic E-state index is 6.15. The molecule has 0 aliphatic heterocycles. The second-order valence-corrected chi connectivity index (χ2v) is 5.38. The second kappa shape index (κ2) is 7.10. The van der Waals surface area contributed by atoms with Gasteiger partial charge < -0.3 is 20.5 Å². The van der Waals surface area contributed by atoms with Gasteiger partial charge in [0.05, 0.1) is 6.61 Å². The van der Waals surface area contributed by atoms with Crippen LogP contribution in [0, 0.1) is 0 Å². The van der Waals surface area contributed by atoms with Gasteiger partial charge in [-0.3, -0.25) is 4.98 Å². The van der Waals surface area contributed by atoms with Crippen LogP contribution in [0.5, 0.6) is 11.6 Å². The number of ether oxygens (including phenoxy) is 2. The van der Waals surface area contributed by atoms with E-state index in [4.69, 9.17) is 15.2 Å². The van der Waals surface area contributed by atoms with Gasteiger partial charge in [0.15, 0.2) is 11.6 Å². The van der Waals surface area contributed by atoms with Gasteiger partial charge in [-0.2, -0.15) is 4.98 Å². The van der Waals surface area contributed by atoms with E-state index in [0.29, 0.717) is 23.9 Å². The molecule has 0 bridgehead atoms. The molecule has 3 N–H and O–H groups in total. The Morgan fingerprint density at radius 1 is 1.17 bits per heavy atom. The van der Waals surface area contributed by atoms with Crippen molar-refractivity contribution < 1.29 is 9.47 Å². The fraction of sp³-hybridized carbons (Fsp3) is 0.235. The zero-order chi connectivity index (χ0) is 16.9. The van der Waals surface area contributed by atoms with Crippen molar-refractivity contribution in [3.8, 4) is 11.6 Å². The van der Waals surface area contributed by atoms with E-state index in [-0.39, 0.29) is 11.9 Å². The van der Waals surface area contributed by atoms with Crippen molar-refractivity contribution in [3.63, 3.8) is 0 Å². The van der Waals surface area contributed by atoms with Crippen LogP contribution >= 0.6 is 0 Å². The molecule has 0 aliphatic rings. The van der Waals surface area contributed by atoms with E-state index in [1.54, 1.807) is 13.3 Å². The van der Waals surface area contributed by atoms with Gasteiger partial charge in [0.25, 0.3) is 0 Å². The molecular formula is C17H19N5O2. The van der Waals surface area contributed by atoms with Gasteiger partial charge in [-0.1, -0.05) is 18.2 Å². The lowest BCUT2D eigenvalue weighted by Gasteiger charge is -2.16. The highest BCUT2D eigenvalue weighted by Crippen LogP contribution is 2.32. The Morgan fingerprint density at radius 3 is 2.83 bits per heavy atom. The maximum Gasteiger partial charge on any atom is 0.248 e. The third-order valence-corrected chi connectivity index (χ3v) is 3.45. The summed E-state index contributed by atoms with van der Waals surface area (Å²) < 4.78 is 11.0. The maximum atomic E-state index is 6.15. The van der Waals surface area contributed by atoms with Crippen molar-refractivity contribution in [2.45, 2.75) is 13.0 Å². The molecule has 3 rings (SSSR count). The van der Waals surface area contributed by atoms with Gasteiger partial charge in [-0.05, 0) is 19.1 Å². The smallest absolute Gasteiger partial charge is 0.248 e. The van der Waals surface area contributed by atoms with Crippen molar-refractivity contribution in [3.05, 3.63) is 42.9 Å². The molecule has 1 atom stereocenters. The van der Waals surface area contributed by atoms with E-state index < -0.39 is 0 Å². The molecular weight excluding hydrogens is 306 g/mol. The third kappa shape index (κ3) is 3.36. The Labute approximate surface area is 139 Å². The first-order valence-corrected chi connectivity index (χ1v) is 7.56. The van der Waals surface area contributed by atoms with Crippen molar-refractivity contribution in [1.82, 2.24) is 15.0 Å². The highest BCUT2D eigenvalue weighted by Gasteiger charge is 2.14. The standard InChI is InChI=1S/C17H19N5O2/c1-11(9-23-2)22-16-14(18)17(21-10-20-16)24-13-7-3-5-12-6-4-8-19-15(12)13/h3-8,10-11H,9,18H2,1-2H3,(H,20,21,22). The SMILES string of the molecule is COCC(C)Nc1ncnc(Oc2cccc3cccnc23)c1N. The Morgan fingerprint density at radius 2 is 2.00 bits per heavy atom. The molecule has 124 valence electrons. The van der Waals surface area contributed by atoms with E-state index in [1.165, 1.54) is 6.33 Å². The fourth-order valence-corrected chi connectivity index (χ4v) is 2.36. The summed E-state index contributed by atoms with van der Waals surface area (Å²) in [6, 6.07) is 9.60. The van der Waals surface area contributed by atoms with E-state index in [9.17, 15) is 0 Å². The summed E-state index contributed by atoms with van der Waals surface area (Å²) in [6.07, 6.45) is 3.13. The number of nitrogen functional groups attached to an aromatic ring is 1. The Kier molecular flexibility index (Phi) is 4.72. The number of nitrogens with zero attached hydrogens (tertiary/aromatic N) is 3. The molecule has 0 saturated heterocycles. The Hall–Kier alpha value is -2.93. The number of fused-ring (bicyclic) bond motifs is 1. The van der Waals surface area contributed by atoms with E-state index in [1.807, 2.05) is 37.3 Å². The number of hydrogen-bond donors (Lipinski definition) is 2. The van der Waals surface area contributed by atoms with Gasteiger partial charge in [-0.25, -0.2) is 4.98 Å². The van der Waals surface area contributed by atoms with Crippen LogP contribution in [0.2, 0.25) is 0 Å². The molecule has 1 unspecified atom stereocenters. The van der Waals surface area contributed by atoms with Crippen LogP contribution in [0.4, 0.5) is 11.5 Å². The number of pyridine rings is 1. The highest BCUT2D eigenvalue weighted by molar-refractivity contribution is 5.84. The van der Waals surface area contributed by atoms with Gasteiger partial charge in [-0.15, -0.1) is 0 Å². The van der Waals surface area contributed by atoms with Crippen LogP contribution in [0.25, 0.3) is 10.9 Å². The van der Waals surface area contributed by atoms with Crippen LogP contribution in [-0.4, -0.2) is 34.7 Å². The summed E-state index contributed by atoms with van der Waals surface area (Å²) in [5.41, 5.74) is 7.24. The average molecular weight is 325 g/mol. The van der Waals surface area contributed by atoms with Crippen molar-refractivity contribution >= 4 is 22.4 Å². The summed E-state index contributed by atoms with van der Waals surface area (Å²) >= 11 is 0. The number of benzene rings is 1. The molecule has 2 heterocycles. The first-order chi connectivity index (χ1) is 11.7. The number of methoxy groups -OCH3 is 1. The monoisotopic (exact) mass is 325 g/mol. The quantitative estimate of drug-likeness (QED) is 0.719. The minimum absolute atomic E-state index is 0.0549. The number of para-hydroxylation sites is 1. The first kappa shape index (κ1) is 15.9.